The van der Waals surface area contributed by atoms with Crippen LogP contribution in [0.2, 0.25) is 0 Å². The van der Waals surface area contributed by atoms with Gasteiger partial charge in [0.1, 0.15) is 0 Å². The smallest absolute Gasteiger partial charge is 0.335 e. The summed E-state index contributed by atoms with van der Waals surface area (Å²) in [7, 11) is 0. The Labute approximate surface area is 89.1 Å². The molecule has 4 heteroatoms. The van der Waals surface area contributed by atoms with Gasteiger partial charge in [0, 0.05) is 12.6 Å². The fourth-order valence-electron chi connectivity index (χ4n) is 2.07. The van der Waals surface area contributed by atoms with E-state index in [1.807, 2.05) is 0 Å². The molecule has 2 aliphatic rings. The zero-order valence-corrected chi connectivity index (χ0v) is 8.62. The van der Waals surface area contributed by atoms with Crippen molar-refractivity contribution in [3.05, 3.63) is 23.5 Å². The molecule has 0 bridgehead atoms. The number of hydrogen-bond acceptors (Lipinski definition) is 3. The highest BCUT2D eigenvalue weighted by molar-refractivity contribution is 5.90. The van der Waals surface area contributed by atoms with Crippen molar-refractivity contribution < 1.29 is 9.90 Å². The number of nitrogens with one attached hydrogen (secondary N) is 2. The van der Waals surface area contributed by atoms with Gasteiger partial charge in [0.2, 0.25) is 0 Å². The second kappa shape index (κ2) is 4.38. The minimum atomic E-state index is -0.859. The van der Waals surface area contributed by atoms with E-state index in [9.17, 15) is 4.79 Å². The Hall–Kier alpha value is -1.45. The summed E-state index contributed by atoms with van der Waals surface area (Å²) in [6.07, 6.45) is 8.27. The summed E-state index contributed by atoms with van der Waals surface area (Å²) >= 11 is 0. The van der Waals surface area contributed by atoms with E-state index in [0.717, 1.165) is 5.82 Å². The molecule has 1 saturated carbocycles. The van der Waals surface area contributed by atoms with Crippen molar-refractivity contribution >= 4 is 5.97 Å². The van der Waals surface area contributed by atoms with Crippen LogP contribution in [-0.4, -0.2) is 23.7 Å². The van der Waals surface area contributed by atoms with Gasteiger partial charge < -0.3 is 15.7 Å². The number of carbonyl (C=O) groups is 1. The van der Waals surface area contributed by atoms with Gasteiger partial charge in [-0.2, -0.15) is 0 Å². The number of aliphatic carboxylic acids is 1. The standard InChI is InChI=1S/C11H16N2O2/c14-11(15)8-5-6-12-10(7-8)13-9-3-1-2-4-9/h5,7,9,12-13H,1-4,6H2,(H,14,15). The summed E-state index contributed by atoms with van der Waals surface area (Å²) in [5.41, 5.74) is 0.370. The van der Waals surface area contributed by atoms with Crippen molar-refractivity contribution in [2.24, 2.45) is 0 Å². The third-order valence-corrected chi connectivity index (χ3v) is 2.88. The first-order valence-electron chi connectivity index (χ1n) is 5.41. The summed E-state index contributed by atoms with van der Waals surface area (Å²) in [6.45, 7) is 0.590. The largest absolute Gasteiger partial charge is 0.478 e. The molecule has 15 heavy (non-hydrogen) atoms. The maximum atomic E-state index is 10.8. The normalized spacial score (nSPS) is 21.6. The van der Waals surface area contributed by atoms with Crippen molar-refractivity contribution in [3.8, 4) is 0 Å². The Morgan fingerprint density at radius 2 is 2.20 bits per heavy atom. The molecule has 0 unspecified atom stereocenters. The molecule has 0 atom stereocenters. The van der Waals surface area contributed by atoms with Crippen molar-refractivity contribution in [1.82, 2.24) is 10.6 Å². The van der Waals surface area contributed by atoms with Gasteiger partial charge in [-0.1, -0.05) is 18.9 Å². The highest BCUT2D eigenvalue weighted by atomic mass is 16.4. The molecular formula is C11H16N2O2. The first kappa shape index (κ1) is 10.1. The monoisotopic (exact) mass is 208 g/mol. The summed E-state index contributed by atoms with van der Waals surface area (Å²) < 4.78 is 0. The highest BCUT2D eigenvalue weighted by Gasteiger charge is 2.17. The van der Waals surface area contributed by atoms with Gasteiger partial charge in [0.15, 0.2) is 0 Å². The lowest BCUT2D eigenvalue weighted by Crippen LogP contribution is -2.35. The summed E-state index contributed by atoms with van der Waals surface area (Å²) in [6, 6.07) is 0.511. The zero-order chi connectivity index (χ0) is 10.7. The highest BCUT2D eigenvalue weighted by Crippen LogP contribution is 2.19. The second-order valence-electron chi connectivity index (χ2n) is 4.03. The summed E-state index contributed by atoms with van der Waals surface area (Å²) in [5, 5.41) is 15.3. The number of carboxylic acids is 1. The molecule has 1 aliphatic heterocycles. The molecule has 0 spiro atoms. The third kappa shape index (κ3) is 2.52. The Balaban J connectivity index is 1.97. The van der Waals surface area contributed by atoms with Crippen LogP contribution in [0.3, 0.4) is 0 Å². The van der Waals surface area contributed by atoms with Crippen molar-refractivity contribution in [1.29, 1.82) is 0 Å². The molecule has 82 valence electrons. The molecule has 1 fully saturated rings. The molecule has 0 aromatic carbocycles. The number of dihydropyridines is 1. The third-order valence-electron chi connectivity index (χ3n) is 2.88. The zero-order valence-electron chi connectivity index (χ0n) is 8.62. The van der Waals surface area contributed by atoms with Gasteiger partial charge >= 0.3 is 5.97 Å². The first-order chi connectivity index (χ1) is 7.25. The van der Waals surface area contributed by atoms with Crippen LogP contribution in [0.5, 0.6) is 0 Å². The van der Waals surface area contributed by atoms with Crippen molar-refractivity contribution in [2.45, 2.75) is 31.7 Å². The maximum Gasteiger partial charge on any atom is 0.335 e. The predicted molar refractivity (Wildman–Crippen MR) is 57.2 cm³/mol. The van der Waals surface area contributed by atoms with E-state index < -0.39 is 5.97 Å². The van der Waals surface area contributed by atoms with E-state index in [1.165, 1.54) is 25.7 Å². The fraction of sp³-hybridized carbons (Fsp3) is 0.545. The van der Waals surface area contributed by atoms with Gasteiger partial charge in [-0.3, -0.25) is 0 Å². The van der Waals surface area contributed by atoms with Gasteiger partial charge in [0.05, 0.1) is 11.4 Å². The Kier molecular flexibility index (Phi) is 2.94. The number of hydrogen-bond donors (Lipinski definition) is 3. The molecule has 0 radical (unpaired) electrons. The maximum absolute atomic E-state index is 10.8. The van der Waals surface area contributed by atoms with E-state index in [2.05, 4.69) is 10.6 Å². The molecule has 0 aromatic rings. The second-order valence-corrected chi connectivity index (χ2v) is 4.03. The van der Waals surface area contributed by atoms with Gasteiger partial charge in [-0.05, 0) is 18.9 Å². The summed E-state index contributed by atoms with van der Waals surface area (Å²) in [4.78, 5) is 10.8. The Morgan fingerprint density at radius 3 is 2.87 bits per heavy atom. The van der Waals surface area contributed by atoms with Gasteiger partial charge in [-0.15, -0.1) is 0 Å². The van der Waals surface area contributed by atoms with Crippen LogP contribution >= 0.6 is 0 Å². The molecule has 2 rings (SSSR count). The lowest BCUT2D eigenvalue weighted by atomic mass is 10.2. The van der Waals surface area contributed by atoms with Crippen LogP contribution in [0.1, 0.15) is 25.7 Å². The molecule has 4 nitrogen and oxygen atoms in total. The average Bonchev–Trinajstić information content (AvgIpc) is 2.71. The quantitative estimate of drug-likeness (QED) is 0.647. The van der Waals surface area contributed by atoms with E-state index in [1.54, 1.807) is 12.2 Å². The van der Waals surface area contributed by atoms with Crippen LogP contribution < -0.4 is 10.6 Å². The molecule has 0 aromatic heterocycles. The van der Waals surface area contributed by atoms with Gasteiger partial charge in [0.25, 0.3) is 0 Å². The number of carboxylic acid groups (broad SMARTS) is 1. The van der Waals surface area contributed by atoms with Crippen molar-refractivity contribution in [3.63, 3.8) is 0 Å². The molecule has 1 heterocycles. The Morgan fingerprint density at radius 1 is 1.47 bits per heavy atom. The topological polar surface area (TPSA) is 61.4 Å². The lowest BCUT2D eigenvalue weighted by Gasteiger charge is -2.20. The van der Waals surface area contributed by atoms with Crippen LogP contribution in [0.25, 0.3) is 0 Å². The van der Waals surface area contributed by atoms with Crippen LogP contribution in [-0.2, 0) is 4.79 Å². The van der Waals surface area contributed by atoms with Crippen LogP contribution in [0.15, 0.2) is 23.5 Å². The summed E-state index contributed by atoms with van der Waals surface area (Å²) in [5.74, 6) is -0.0102. The minimum absolute atomic E-state index is 0.370. The minimum Gasteiger partial charge on any atom is -0.478 e. The molecular weight excluding hydrogens is 192 g/mol. The molecule has 0 amide bonds. The predicted octanol–water partition coefficient (Wildman–Crippen LogP) is 0.974. The number of rotatable bonds is 3. The van der Waals surface area contributed by atoms with E-state index in [0.29, 0.717) is 18.2 Å². The van der Waals surface area contributed by atoms with Crippen molar-refractivity contribution in [2.75, 3.05) is 6.54 Å². The molecule has 3 N–H and O–H groups in total. The lowest BCUT2D eigenvalue weighted by molar-refractivity contribution is -0.132. The van der Waals surface area contributed by atoms with Gasteiger partial charge in [-0.25, -0.2) is 4.79 Å². The SMILES string of the molecule is O=C(O)C1=CCNC(NC2CCCC2)=C1. The first-order valence-corrected chi connectivity index (χ1v) is 5.41. The van der Waals surface area contributed by atoms with Crippen LogP contribution in [0, 0.1) is 0 Å². The fourth-order valence-corrected chi connectivity index (χ4v) is 2.07. The molecule has 0 saturated heterocycles. The Bertz CT molecular complexity index is 315. The van der Waals surface area contributed by atoms with E-state index in [-0.39, 0.29) is 0 Å². The van der Waals surface area contributed by atoms with E-state index >= 15 is 0 Å². The van der Waals surface area contributed by atoms with Crippen LogP contribution in [0.4, 0.5) is 0 Å². The average molecular weight is 208 g/mol. The van der Waals surface area contributed by atoms with E-state index in [4.69, 9.17) is 5.11 Å². The molecule has 1 aliphatic carbocycles.